The maximum absolute atomic E-state index is 10.3. The smallest absolute Gasteiger partial charge is 0.101 e. The lowest BCUT2D eigenvalue weighted by atomic mass is 10.1. The van der Waals surface area contributed by atoms with Gasteiger partial charge in [0.15, 0.2) is 0 Å². The van der Waals surface area contributed by atoms with E-state index in [2.05, 4.69) is 5.10 Å². The molecule has 0 amide bonds. The van der Waals surface area contributed by atoms with Crippen LogP contribution in [0.25, 0.3) is 0 Å². The number of halogens is 2. The van der Waals surface area contributed by atoms with Crippen molar-refractivity contribution in [2.75, 3.05) is 0 Å². The lowest BCUT2D eigenvalue weighted by molar-refractivity contribution is 0.167. The van der Waals surface area contributed by atoms with Crippen molar-refractivity contribution in [3.63, 3.8) is 0 Å². The van der Waals surface area contributed by atoms with E-state index in [1.807, 2.05) is 31.2 Å². The average Bonchev–Trinajstić information content (AvgIpc) is 2.73. The molecule has 3 nitrogen and oxygen atoms in total. The number of aliphatic hydroxyl groups excluding tert-OH is 1. The number of aromatic nitrogens is 2. The lowest BCUT2D eigenvalue weighted by Crippen LogP contribution is -2.10. The van der Waals surface area contributed by atoms with Gasteiger partial charge in [0.05, 0.1) is 16.9 Å². The van der Waals surface area contributed by atoms with E-state index in [4.69, 9.17) is 23.2 Å². The molecule has 0 aliphatic carbocycles. The number of hydrogen-bond acceptors (Lipinski definition) is 2. The molecule has 0 bridgehead atoms. The molecule has 0 fully saturated rings. The molecule has 0 radical (unpaired) electrons. The highest BCUT2D eigenvalue weighted by Crippen LogP contribution is 2.27. The summed E-state index contributed by atoms with van der Waals surface area (Å²) < 4.78 is 1.70. The summed E-state index contributed by atoms with van der Waals surface area (Å²) in [6.45, 7) is 2.62. The first-order valence-corrected chi connectivity index (χ1v) is 6.51. The van der Waals surface area contributed by atoms with Crippen molar-refractivity contribution in [2.45, 2.75) is 26.0 Å². The van der Waals surface area contributed by atoms with E-state index in [0.717, 1.165) is 5.56 Å². The van der Waals surface area contributed by atoms with Crippen LogP contribution >= 0.6 is 23.2 Å². The van der Waals surface area contributed by atoms with Gasteiger partial charge in [-0.3, -0.25) is 4.68 Å². The Bertz CT molecular complexity index is 540. The summed E-state index contributed by atoms with van der Waals surface area (Å²) in [4.78, 5) is 0. The van der Waals surface area contributed by atoms with Crippen LogP contribution in [0, 0.1) is 0 Å². The maximum Gasteiger partial charge on any atom is 0.101 e. The van der Waals surface area contributed by atoms with Gasteiger partial charge in [0, 0.05) is 18.0 Å². The van der Waals surface area contributed by atoms with Gasteiger partial charge < -0.3 is 5.11 Å². The third kappa shape index (κ3) is 2.69. The summed E-state index contributed by atoms with van der Waals surface area (Å²) in [5, 5.41) is 15.5. The number of hydrogen-bond donors (Lipinski definition) is 1. The first kappa shape index (κ1) is 13.4. The van der Waals surface area contributed by atoms with Crippen LogP contribution in [0.2, 0.25) is 10.0 Å². The molecule has 1 heterocycles. The summed E-state index contributed by atoms with van der Waals surface area (Å²) in [6.07, 6.45) is 1.27. The molecule has 0 aliphatic rings. The predicted molar refractivity (Wildman–Crippen MR) is 73.0 cm³/mol. The van der Waals surface area contributed by atoms with E-state index in [0.29, 0.717) is 28.7 Å². The highest BCUT2D eigenvalue weighted by Gasteiger charge is 2.18. The van der Waals surface area contributed by atoms with E-state index in [1.54, 1.807) is 10.9 Å². The molecule has 1 atom stereocenters. The van der Waals surface area contributed by atoms with Crippen molar-refractivity contribution < 1.29 is 5.11 Å². The number of aliphatic hydroxyl groups is 1. The van der Waals surface area contributed by atoms with Crippen LogP contribution in [0.4, 0.5) is 0 Å². The van der Waals surface area contributed by atoms with Gasteiger partial charge in [0.25, 0.3) is 0 Å². The number of aryl methyl sites for hydroxylation is 1. The molecular weight excluding hydrogens is 271 g/mol. The topological polar surface area (TPSA) is 38.0 Å². The van der Waals surface area contributed by atoms with Crippen molar-refractivity contribution in [1.29, 1.82) is 0 Å². The summed E-state index contributed by atoms with van der Waals surface area (Å²) in [5.74, 6) is 0. The molecular formula is C13H14Cl2N2O. The molecule has 2 aromatic rings. The van der Waals surface area contributed by atoms with E-state index in [9.17, 15) is 5.11 Å². The molecule has 1 aromatic carbocycles. The highest BCUT2D eigenvalue weighted by atomic mass is 35.5. The molecule has 0 spiro atoms. The molecule has 18 heavy (non-hydrogen) atoms. The number of rotatable bonds is 4. The second-order valence-corrected chi connectivity index (χ2v) is 4.82. The average molecular weight is 285 g/mol. The zero-order valence-electron chi connectivity index (χ0n) is 9.98. The Labute approximate surface area is 116 Å². The summed E-state index contributed by atoms with van der Waals surface area (Å²) >= 11 is 12.1. The van der Waals surface area contributed by atoms with Gasteiger partial charge in [-0.2, -0.15) is 5.10 Å². The molecule has 96 valence electrons. The monoisotopic (exact) mass is 284 g/mol. The summed E-state index contributed by atoms with van der Waals surface area (Å²) in [6, 6.07) is 7.46. The standard InChI is InChI=1S/C13H14Cl2N2O/c1-2-17-13(11(15)8-16-17)12(18)7-9-5-3-4-6-10(9)14/h3-6,8,12,18H,2,7H2,1H3. The van der Waals surface area contributed by atoms with Crippen LogP contribution in [0.1, 0.15) is 24.3 Å². The SMILES string of the molecule is CCn1ncc(Cl)c1C(O)Cc1ccccc1Cl. The molecule has 0 aliphatic heterocycles. The van der Waals surface area contributed by atoms with Gasteiger partial charge in [-0.15, -0.1) is 0 Å². The van der Waals surface area contributed by atoms with Crippen molar-refractivity contribution in [3.8, 4) is 0 Å². The summed E-state index contributed by atoms with van der Waals surface area (Å²) in [7, 11) is 0. The number of nitrogens with zero attached hydrogens (tertiary/aromatic N) is 2. The maximum atomic E-state index is 10.3. The van der Waals surface area contributed by atoms with Crippen molar-refractivity contribution in [2.24, 2.45) is 0 Å². The van der Waals surface area contributed by atoms with Gasteiger partial charge in [-0.05, 0) is 18.6 Å². The third-order valence-corrected chi connectivity index (χ3v) is 3.48. The summed E-state index contributed by atoms with van der Waals surface area (Å²) in [5.41, 5.74) is 1.53. The van der Waals surface area contributed by atoms with Crippen LogP contribution in [0.5, 0.6) is 0 Å². The van der Waals surface area contributed by atoms with Crippen LogP contribution < -0.4 is 0 Å². The third-order valence-electron chi connectivity index (χ3n) is 2.82. The van der Waals surface area contributed by atoms with E-state index >= 15 is 0 Å². The molecule has 2 rings (SSSR count). The van der Waals surface area contributed by atoms with Crippen molar-refractivity contribution in [3.05, 3.63) is 51.8 Å². The van der Waals surface area contributed by atoms with E-state index in [1.165, 1.54) is 0 Å². The minimum atomic E-state index is -0.708. The van der Waals surface area contributed by atoms with Crippen LogP contribution in [-0.2, 0) is 13.0 Å². The minimum absolute atomic E-state index is 0.422. The van der Waals surface area contributed by atoms with Gasteiger partial charge in [-0.25, -0.2) is 0 Å². The zero-order chi connectivity index (χ0) is 13.1. The predicted octanol–water partition coefficient (Wildman–Crippen LogP) is 3.49. The second-order valence-electron chi connectivity index (χ2n) is 4.00. The Kier molecular flexibility index (Phi) is 4.27. The quantitative estimate of drug-likeness (QED) is 0.933. The van der Waals surface area contributed by atoms with Gasteiger partial charge in [-0.1, -0.05) is 41.4 Å². The van der Waals surface area contributed by atoms with Crippen molar-refractivity contribution in [1.82, 2.24) is 9.78 Å². The highest BCUT2D eigenvalue weighted by molar-refractivity contribution is 6.31. The Balaban J connectivity index is 2.24. The molecule has 0 saturated heterocycles. The molecule has 1 aromatic heterocycles. The van der Waals surface area contributed by atoms with E-state index < -0.39 is 6.10 Å². The molecule has 0 saturated carbocycles. The fraction of sp³-hybridized carbons (Fsp3) is 0.308. The Hall–Kier alpha value is -1.03. The Morgan fingerprint density at radius 3 is 2.67 bits per heavy atom. The fourth-order valence-corrected chi connectivity index (χ4v) is 2.40. The molecule has 1 unspecified atom stereocenters. The van der Waals surface area contributed by atoms with Gasteiger partial charge >= 0.3 is 0 Å². The minimum Gasteiger partial charge on any atom is -0.386 e. The largest absolute Gasteiger partial charge is 0.386 e. The normalized spacial score (nSPS) is 12.7. The lowest BCUT2D eigenvalue weighted by Gasteiger charge is -2.14. The Morgan fingerprint density at radius 1 is 1.28 bits per heavy atom. The molecule has 1 N–H and O–H groups in total. The van der Waals surface area contributed by atoms with Gasteiger partial charge in [0.1, 0.15) is 6.10 Å². The van der Waals surface area contributed by atoms with Crippen LogP contribution in [0.15, 0.2) is 30.5 Å². The zero-order valence-corrected chi connectivity index (χ0v) is 11.5. The first-order chi connectivity index (χ1) is 8.63. The molecule has 5 heteroatoms. The number of benzene rings is 1. The second kappa shape index (κ2) is 5.74. The van der Waals surface area contributed by atoms with Crippen molar-refractivity contribution >= 4 is 23.2 Å². The first-order valence-electron chi connectivity index (χ1n) is 5.76. The van der Waals surface area contributed by atoms with Crippen LogP contribution in [-0.4, -0.2) is 14.9 Å². The Morgan fingerprint density at radius 2 is 2.00 bits per heavy atom. The fourth-order valence-electron chi connectivity index (χ4n) is 1.92. The van der Waals surface area contributed by atoms with Gasteiger partial charge in [0.2, 0.25) is 0 Å². The van der Waals surface area contributed by atoms with Crippen LogP contribution in [0.3, 0.4) is 0 Å². The van der Waals surface area contributed by atoms with E-state index in [-0.39, 0.29) is 0 Å².